The number of halogens is 1. The molecule has 1 nitrogen and oxygen atoms in total. The van der Waals surface area contributed by atoms with Crippen LogP contribution in [-0.4, -0.2) is 7.11 Å². The van der Waals surface area contributed by atoms with Gasteiger partial charge in [0.15, 0.2) is 0 Å². The molecule has 1 aliphatic rings. The van der Waals surface area contributed by atoms with Crippen molar-refractivity contribution in [3.63, 3.8) is 0 Å². The van der Waals surface area contributed by atoms with Crippen LogP contribution in [0.25, 0.3) is 6.08 Å². The van der Waals surface area contributed by atoms with E-state index in [1.807, 2.05) is 12.1 Å². The number of ether oxygens (including phenoxy) is 1. The number of allylic oxidation sites excluding steroid dienone is 1. The molecule has 1 aliphatic carbocycles. The molecule has 13 heavy (non-hydrogen) atoms. The van der Waals surface area contributed by atoms with E-state index >= 15 is 0 Å². The monoisotopic (exact) mass is 194 g/mol. The van der Waals surface area contributed by atoms with Gasteiger partial charge in [0.2, 0.25) is 0 Å². The fourth-order valence-corrected chi connectivity index (χ4v) is 1.94. The number of methoxy groups -OCH3 is 1. The highest BCUT2D eigenvalue weighted by Gasteiger charge is 2.15. The van der Waals surface area contributed by atoms with Crippen molar-refractivity contribution in [2.45, 2.75) is 13.3 Å². The summed E-state index contributed by atoms with van der Waals surface area (Å²) in [5.74, 6) is 0.899. The molecule has 0 heterocycles. The van der Waals surface area contributed by atoms with Crippen molar-refractivity contribution in [2.75, 3.05) is 7.11 Å². The van der Waals surface area contributed by atoms with Gasteiger partial charge in [-0.1, -0.05) is 23.3 Å². The van der Waals surface area contributed by atoms with Gasteiger partial charge >= 0.3 is 0 Å². The lowest BCUT2D eigenvalue weighted by Gasteiger charge is -2.07. The average Bonchev–Trinajstić information content (AvgIpc) is 2.43. The van der Waals surface area contributed by atoms with Crippen LogP contribution in [0, 0.1) is 0 Å². The van der Waals surface area contributed by atoms with E-state index in [4.69, 9.17) is 16.3 Å². The van der Waals surface area contributed by atoms with Crippen LogP contribution in [0.2, 0.25) is 5.02 Å². The van der Waals surface area contributed by atoms with Crippen LogP contribution < -0.4 is 4.74 Å². The maximum Gasteiger partial charge on any atom is 0.124 e. The second kappa shape index (κ2) is 3.08. The Labute approximate surface area is 83.0 Å². The molecule has 0 saturated carbocycles. The van der Waals surface area contributed by atoms with E-state index in [-0.39, 0.29) is 0 Å². The van der Waals surface area contributed by atoms with Crippen LogP contribution in [0.4, 0.5) is 0 Å². The fraction of sp³-hybridized carbons (Fsp3) is 0.273. The van der Waals surface area contributed by atoms with Crippen molar-refractivity contribution in [1.29, 1.82) is 0 Å². The SMILES string of the molecule is COc1cc(Cl)cc2c1CC(C)=C2. The number of fused-ring (bicyclic) bond motifs is 1. The molecule has 0 atom stereocenters. The predicted octanol–water partition coefficient (Wildman–Crippen LogP) is 3.31. The Bertz CT molecular complexity index is 380. The number of hydrogen-bond donors (Lipinski definition) is 0. The Morgan fingerprint density at radius 2 is 2.15 bits per heavy atom. The Hall–Kier alpha value is -0.950. The number of hydrogen-bond acceptors (Lipinski definition) is 1. The van der Waals surface area contributed by atoms with Gasteiger partial charge in [0, 0.05) is 10.6 Å². The highest BCUT2D eigenvalue weighted by atomic mass is 35.5. The Morgan fingerprint density at radius 3 is 2.85 bits per heavy atom. The molecule has 0 fully saturated rings. The molecule has 0 unspecified atom stereocenters. The summed E-state index contributed by atoms with van der Waals surface area (Å²) in [6, 6.07) is 3.85. The van der Waals surface area contributed by atoms with Crippen molar-refractivity contribution in [3.8, 4) is 5.75 Å². The summed E-state index contributed by atoms with van der Waals surface area (Å²) < 4.78 is 5.27. The molecule has 0 N–H and O–H groups in total. The Kier molecular flexibility index (Phi) is 2.04. The summed E-state index contributed by atoms with van der Waals surface area (Å²) in [6.45, 7) is 2.12. The first-order valence-corrected chi connectivity index (χ1v) is 4.62. The van der Waals surface area contributed by atoms with E-state index in [0.29, 0.717) is 0 Å². The zero-order chi connectivity index (χ0) is 9.42. The second-order valence-corrected chi connectivity index (χ2v) is 3.78. The first-order valence-electron chi connectivity index (χ1n) is 4.24. The highest BCUT2D eigenvalue weighted by Crippen LogP contribution is 2.34. The van der Waals surface area contributed by atoms with Gasteiger partial charge in [-0.05, 0) is 31.0 Å². The van der Waals surface area contributed by atoms with Crippen LogP contribution in [-0.2, 0) is 6.42 Å². The molecular weight excluding hydrogens is 184 g/mol. The summed E-state index contributed by atoms with van der Waals surface area (Å²) in [5, 5.41) is 0.738. The third-order valence-corrected chi connectivity index (χ3v) is 2.50. The molecule has 2 rings (SSSR count). The average molecular weight is 195 g/mol. The summed E-state index contributed by atoms with van der Waals surface area (Å²) in [5.41, 5.74) is 3.81. The van der Waals surface area contributed by atoms with Crippen LogP contribution in [0.5, 0.6) is 5.75 Å². The maximum atomic E-state index is 5.95. The van der Waals surface area contributed by atoms with E-state index in [0.717, 1.165) is 17.2 Å². The quantitative estimate of drug-likeness (QED) is 0.667. The van der Waals surface area contributed by atoms with Crippen LogP contribution in [0.3, 0.4) is 0 Å². The number of benzene rings is 1. The van der Waals surface area contributed by atoms with Crippen molar-refractivity contribution in [2.24, 2.45) is 0 Å². The second-order valence-electron chi connectivity index (χ2n) is 3.34. The first kappa shape index (κ1) is 8.64. The van der Waals surface area contributed by atoms with Crippen LogP contribution in [0.1, 0.15) is 18.1 Å². The van der Waals surface area contributed by atoms with Gasteiger partial charge in [0.25, 0.3) is 0 Å². The topological polar surface area (TPSA) is 9.23 Å². The molecule has 0 aliphatic heterocycles. The third-order valence-electron chi connectivity index (χ3n) is 2.29. The summed E-state index contributed by atoms with van der Waals surface area (Å²) >= 11 is 5.95. The Balaban J connectivity index is 2.57. The molecule has 0 spiro atoms. The van der Waals surface area contributed by atoms with E-state index < -0.39 is 0 Å². The van der Waals surface area contributed by atoms with Gasteiger partial charge in [-0.2, -0.15) is 0 Å². The van der Waals surface area contributed by atoms with Crippen molar-refractivity contribution >= 4 is 17.7 Å². The van der Waals surface area contributed by atoms with Gasteiger partial charge in [-0.15, -0.1) is 0 Å². The lowest BCUT2D eigenvalue weighted by atomic mass is 10.1. The summed E-state index contributed by atoms with van der Waals surface area (Å²) in [4.78, 5) is 0. The van der Waals surface area contributed by atoms with Crippen molar-refractivity contribution < 1.29 is 4.74 Å². The summed E-state index contributed by atoms with van der Waals surface area (Å²) in [7, 11) is 1.68. The van der Waals surface area contributed by atoms with Crippen LogP contribution in [0.15, 0.2) is 17.7 Å². The van der Waals surface area contributed by atoms with Gasteiger partial charge in [0.05, 0.1) is 7.11 Å². The number of rotatable bonds is 1. The summed E-state index contributed by atoms with van der Waals surface area (Å²) in [6.07, 6.45) is 3.14. The fourth-order valence-electron chi connectivity index (χ4n) is 1.73. The molecule has 0 amide bonds. The normalized spacial score (nSPS) is 13.9. The zero-order valence-corrected chi connectivity index (χ0v) is 8.48. The van der Waals surface area contributed by atoms with Gasteiger partial charge in [-0.3, -0.25) is 0 Å². The third kappa shape index (κ3) is 1.44. The molecule has 0 aromatic heterocycles. The molecule has 0 bridgehead atoms. The largest absolute Gasteiger partial charge is 0.496 e. The molecule has 0 saturated heterocycles. The standard InChI is InChI=1S/C11H11ClO/c1-7-3-8-5-9(12)6-11(13-2)10(8)4-7/h3,5-6H,4H2,1-2H3. The molecule has 1 aromatic rings. The van der Waals surface area contributed by atoms with Gasteiger partial charge in [0.1, 0.15) is 5.75 Å². The van der Waals surface area contributed by atoms with Crippen LogP contribution >= 0.6 is 11.6 Å². The molecule has 2 heteroatoms. The van der Waals surface area contributed by atoms with Gasteiger partial charge in [-0.25, -0.2) is 0 Å². The van der Waals surface area contributed by atoms with E-state index in [1.54, 1.807) is 7.11 Å². The maximum absolute atomic E-state index is 5.95. The van der Waals surface area contributed by atoms with Crippen molar-refractivity contribution in [1.82, 2.24) is 0 Å². The van der Waals surface area contributed by atoms with E-state index in [2.05, 4.69) is 13.0 Å². The molecule has 0 radical (unpaired) electrons. The minimum atomic E-state index is 0.738. The lowest BCUT2D eigenvalue weighted by Crippen LogP contribution is -1.91. The smallest absolute Gasteiger partial charge is 0.124 e. The minimum absolute atomic E-state index is 0.738. The van der Waals surface area contributed by atoms with E-state index in [9.17, 15) is 0 Å². The predicted molar refractivity (Wildman–Crippen MR) is 55.4 cm³/mol. The van der Waals surface area contributed by atoms with E-state index in [1.165, 1.54) is 16.7 Å². The molecular formula is C11H11ClO. The molecule has 1 aromatic carbocycles. The highest BCUT2D eigenvalue weighted by molar-refractivity contribution is 6.31. The Morgan fingerprint density at radius 1 is 1.38 bits per heavy atom. The first-order chi connectivity index (χ1) is 6.20. The minimum Gasteiger partial charge on any atom is -0.496 e. The zero-order valence-electron chi connectivity index (χ0n) is 7.73. The van der Waals surface area contributed by atoms with Crippen molar-refractivity contribution in [3.05, 3.63) is 33.9 Å². The molecule has 68 valence electrons. The lowest BCUT2D eigenvalue weighted by molar-refractivity contribution is 0.410. The van der Waals surface area contributed by atoms with Gasteiger partial charge < -0.3 is 4.74 Å².